The molecule has 0 aliphatic carbocycles. The molecule has 7 rings (SSSR count). The fourth-order valence-corrected chi connectivity index (χ4v) is 5.81. The van der Waals surface area contributed by atoms with Crippen molar-refractivity contribution in [1.82, 2.24) is 9.78 Å². The predicted octanol–water partition coefficient (Wildman–Crippen LogP) is 8.85. The molecule has 2 aliphatic heterocycles. The lowest BCUT2D eigenvalue weighted by molar-refractivity contribution is 0.815. The Morgan fingerprint density at radius 3 is 2.34 bits per heavy atom. The predicted molar refractivity (Wildman–Crippen MR) is 169 cm³/mol. The second-order valence-corrected chi connectivity index (χ2v) is 10.9. The third-order valence-electron chi connectivity index (χ3n) is 7.52. The van der Waals surface area contributed by atoms with E-state index in [1.165, 1.54) is 5.56 Å². The monoisotopic (exact) mass is 576 g/mol. The van der Waals surface area contributed by atoms with Gasteiger partial charge in [-0.1, -0.05) is 78.7 Å². The van der Waals surface area contributed by atoms with Gasteiger partial charge in [-0.05, 0) is 73.0 Å². The smallest absolute Gasteiger partial charge is 0.179 e. The van der Waals surface area contributed by atoms with Crippen LogP contribution in [0.3, 0.4) is 0 Å². The Morgan fingerprint density at radius 2 is 1.59 bits per heavy atom. The maximum absolute atomic E-state index is 6.60. The summed E-state index contributed by atoms with van der Waals surface area (Å²) in [6.07, 6.45) is 0.978. The minimum Gasteiger partial charge on any atom is -0.337 e. The molecule has 0 bridgehead atoms. The fraction of sp³-hybridized carbons (Fsp3) is 0.121. The van der Waals surface area contributed by atoms with E-state index in [9.17, 15) is 0 Å². The van der Waals surface area contributed by atoms with Gasteiger partial charge in [-0.15, -0.1) is 0 Å². The van der Waals surface area contributed by atoms with Crippen molar-refractivity contribution in [1.29, 1.82) is 0 Å². The van der Waals surface area contributed by atoms with Crippen LogP contribution < -0.4 is 10.2 Å². The number of anilines is 2. The van der Waals surface area contributed by atoms with Gasteiger partial charge in [-0.2, -0.15) is 5.10 Å². The standard InChI is InChI=1S/C33H26Cl2N6/c1-3-21-13-16-23(17-14-21)36-31-33-38-32-29(20(2)39-41(32)24-9-5-4-6-10-24)30(22-15-18-25(34)26(35)19-22)40(33)28-12-8-7-11-27(28)37-31/h4-19,30H,3H2,1-2H3,(H,36,37). The van der Waals surface area contributed by atoms with Gasteiger partial charge in [0.2, 0.25) is 0 Å². The van der Waals surface area contributed by atoms with E-state index in [1.54, 1.807) is 0 Å². The molecule has 5 aromatic rings. The van der Waals surface area contributed by atoms with Crippen molar-refractivity contribution in [3.8, 4) is 5.69 Å². The molecule has 0 amide bonds. The Morgan fingerprint density at radius 1 is 0.829 bits per heavy atom. The molecule has 202 valence electrons. The largest absolute Gasteiger partial charge is 0.337 e. The van der Waals surface area contributed by atoms with Crippen molar-refractivity contribution >= 4 is 57.8 Å². The Balaban J connectivity index is 1.48. The van der Waals surface area contributed by atoms with E-state index in [0.29, 0.717) is 21.7 Å². The van der Waals surface area contributed by atoms with Crippen LogP contribution in [0.4, 0.5) is 22.9 Å². The van der Waals surface area contributed by atoms with Crippen molar-refractivity contribution in [3.63, 3.8) is 0 Å². The number of hydrogen-bond donors (Lipinski definition) is 1. The van der Waals surface area contributed by atoms with E-state index >= 15 is 0 Å². The second-order valence-electron chi connectivity index (χ2n) is 10.1. The molecule has 1 atom stereocenters. The number of amidine groups is 2. The fourth-order valence-electron chi connectivity index (χ4n) is 5.51. The Kier molecular flexibility index (Phi) is 6.37. The Hall–Kier alpha value is -4.39. The lowest BCUT2D eigenvalue weighted by atomic mass is 9.93. The van der Waals surface area contributed by atoms with E-state index < -0.39 is 0 Å². The quantitative estimate of drug-likeness (QED) is 0.232. The molecular weight excluding hydrogens is 551 g/mol. The summed E-state index contributed by atoms with van der Waals surface area (Å²) in [7, 11) is 0. The van der Waals surface area contributed by atoms with Crippen LogP contribution in [0, 0.1) is 6.92 Å². The van der Waals surface area contributed by atoms with Crippen LogP contribution in [-0.2, 0) is 6.42 Å². The first-order valence-electron chi connectivity index (χ1n) is 13.5. The van der Waals surface area contributed by atoms with Gasteiger partial charge in [0.25, 0.3) is 0 Å². The number of rotatable bonds is 4. The van der Waals surface area contributed by atoms with Crippen molar-refractivity contribution < 1.29 is 0 Å². The number of para-hydroxylation sites is 3. The Labute approximate surface area is 248 Å². The van der Waals surface area contributed by atoms with Crippen LogP contribution in [0.25, 0.3) is 5.69 Å². The van der Waals surface area contributed by atoms with E-state index in [0.717, 1.165) is 51.8 Å². The molecule has 0 saturated carbocycles. The van der Waals surface area contributed by atoms with E-state index in [4.69, 9.17) is 38.3 Å². The SMILES string of the molecule is CCc1ccc(NC2=Nc3ccccc3N3C2=Nc2c(c(C)nn2-c2ccccc2)C3c2ccc(Cl)c(Cl)c2)cc1. The van der Waals surface area contributed by atoms with E-state index in [1.807, 2.05) is 78.3 Å². The van der Waals surface area contributed by atoms with Crippen LogP contribution >= 0.6 is 23.2 Å². The molecule has 0 spiro atoms. The highest BCUT2D eigenvalue weighted by Gasteiger charge is 2.41. The summed E-state index contributed by atoms with van der Waals surface area (Å²) in [5.74, 6) is 2.11. The highest BCUT2D eigenvalue weighted by atomic mass is 35.5. The van der Waals surface area contributed by atoms with Gasteiger partial charge in [0.1, 0.15) is 0 Å². The Bertz CT molecular complexity index is 1840. The van der Waals surface area contributed by atoms with Crippen LogP contribution in [0.1, 0.15) is 35.3 Å². The number of aromatic nitrogens is 2. The molecule has 1 unspecified atom stereocenters. The number of halogens is 2. The van der Waals surface area contributed by atoms with Gasteiger partial charge in [0.15, 0.2) is 17.5 Å². The molecule has 2 aliphatic rings. The maximum atomic E-state index is 6.60. The molecule has 41 heavy (non-hydrogen) atoms. The number of aryl methyl sites for hydroxylation is 2. The molecule has 0 radical (unpaired) electrons. The normalized spacial score (nSPS) is 15.4. The van der Waals surface area contributed by atoms with Crippen molar-refractivity contribution in [2.45, 2.75) is 26.3 Å². The number of aliphatic imine (C=N–C) groups is 2. The van der Waals surface area contributed by atoms with Gasteiger partial charge in [-0.3, -0.25) is 0 Å². The molecule has 1 aromatic heterocycles. The number of hydrogen-bond acceptors (Lipinski definition) is 5. The summed E-state index contributed by atoms with van der Waals surface area (Å²) >= 11 is 13.0. The second kappa shape index (κ2) is 10.2. The number of nitrogens with zero attached hydrogens (tertiary/aromatic N) is 5. The molecule has 1 N–H and O–H groups in total. The van der Waals surface area contributed by atoms with Gasteiger partial charge < -0.3 is 10.2 Å². The lowest BCUT2D eigenvalue weighted by Gasteiger charge is -2.40. The first-order chi connectivity index (χ1) is 20.0. The maximum Gasteiger partial charge on any atom is 0.179 e. The van der Waals surface area contributed by atoms with Crippen molar-refractivity contribution in [2.24, 2.45) is 9.98 Å². The van der Waals surface area contributed by atoms with Gasteiger partial charge >= 0.3 is 0 Å². The summed E-state index contributed by atoms with van der Waals surface area (Å²) in [4.78, 5) is 12.6. The molecule has 4 aromatic carbocycles. The summed E-state index contributed by atoms with van der Waals surface area (Å²) < 4.78 is 1.91. The minimum absolute atomic E-state index is 0.277. The van der Waals surface area contributed by atoms with Gasteiger partial charge in [0, 0.05) is 11.3 Å². The average molecular weight is 578 g/mol. The molecule has 6 nitrogen and oxygen atoms in total. The molecular formula is C33H26Cl2N6. The topological polar surface area (TPSA) is 57.8 Å². The molecule has 3 heterocycles. The average Bonchev–Trinajstić information content (AvgIpc) is 3.34. The minimum atomic E-state index is -0.277. The van der Waals surface area contributed by atoms with Crippen molar-refractivity contribution in [2.75, 3.05) is 10.2 Å². The number of nitrogens with one attached hydrogen (secondary N) is 1. The summed E-state index contributed by atoms with van der Waals surface area (Å²) in [5, 5.41) is 9.55. The van der Waals surface area contributed by atoms with E-state index in [2.05, 4.69) is 47.5 Å². The zero-order valence-electron chi connectivity index (χ0n) is 22.5. The number of benzene rings is 4. The first kappa shape index (κ1) is 25.6. The number of fused-ring (bicyclic) bond motifs is 4. The molecule has 8 heteroatoms. The van der Waals surface area contributed by atoms with E-state index in [-0.39, 0.29) is 6.04 Å². The molecule has 0 fully saturated rings. The van der Waals surface area contributed by atoms with Crippen LogP contribution in [0.5, 0.6) is 0 Å². The lowest BCUT2D eigenvalue weighted by Crippen LogP contribution is -2.46. The summed E-state index contributed by atoms with van der Waals surface area (Å²) in [6.45, 7) is 4.18. The highest BCUT2D eigenvalue weighted by Crippen LogP contribution is 2.48. The third-order valence-corrected chi connectivity index (χ3v) is 8.26. The van der Waals surface area contributed by atoms with Gasteiger partial charge in [0.05, 0.1) is 38.8 Å². The third kappa shape index (κ3) is 4.40. The highest BCUT2D eigenvalue weighted by molar-refractivity contribution is 6.51. The van der Waals surface area contributed by atoms with Crippen LogP contribution in [0.15, 0.2) is 107 Å². The summed E-state index contributed by atoms with van der Waals surface area (Å²) in [6, 6.07) is 32.1. The molecule has 0 saturated heterocycles. The van der Waals surface area contributed by atoms with Crippen LogP contribution in [-0.4, -0.2) is 21.5 Å². The first-order valence-corrected chi connectivity index (χ1v) is 14.3. The zero-order valence-corrected chi connectivity index (χ0v) is 24.0. The zero-order chi connectivity index (χ0) is 28.1. The van der Waals surface area contributed by atoms with Gasteiger partial charge in [-0.25, -0.2) is 14.7 Å². The summed E-state index contributed by atoms with van der Waals surface area (Å²) in [5.41, 5.74) is 7.80. The van der Waals surface area contributed by atoms with Crippen LogP contribution in [0.2, 0.25) is 10.0 Å². The van der Waals surface area contributed by atoms with Crippen molar-refractivity contribution in [3.05, 3.63) is 129 Å².